The SMILES string of the molecule is COC1CCC(C)(/C(O)=C(\C(C)=O)c2cc(Cl)c(-c3ccccc3)cc2C)CC1. The van der Waals surface area contributed by atoms with Gasteiger partial charge < -0.3 is 9.84 Å². The Morgan fingerprint density at radius 1 is 1.17 bits per heavy atom. The molecular weight excluding hydrogens is 384 g/mol. The molecule has 1 fully saturated rings. The number of aliphatic hydroxyl groups excluding tert-OH is 1. The van der Waals surface area contributed by atoms with Crippen molar-refractivity contribution in [1.82, 2.24) is 0 Å². The summed E-state index contributed by atoms with van der Waals surface area (Å²) in [5.74, 6) is 0.0235. The molecule has 3 nitrogen and oxygen atoms in total. The van der Waals surface area contributed by atoms with Crippen LogP contribution in [0.25, 0.3) is 16.7 Å². The van der Waals surface area contributed by atoms with Gasteiger partial charge >= 0.3 is 0 Å². The third kappa shape index (κ3) is 4.41. The summed E-state index contributed by atoms with van der Waals surface area (Å²) in [5, 5.41) is 11.8. The summed E-state index contributed by atoms with van der Waals surface area (Å²) in [6.45, 7) is 5.50. The lowest BCUT2D eigenvalue weighted by Gasteiger charge is -2.37. The first-order chi connectivity index (χ1) is 13.8. The Morgan fingerprint density at radius 2 is 1.79 bits per heavy atom. The third-order valence-electron chi connectivity index (χ3n) is 6.20. The number of ketones is 1. The number of hydrogen-bond acceptors (Lipinski definition) is 3. The lowest BCUT2D eigenvalue weighted by atomic mass is 9.71. The van der Waals surface area contributed by atoms with Crippen molar-refractivity contribution in [3.63, 3.8) is 0 Å². The molecule has 1 saturated carbocycles. The number of aryl methyl sites for hydroxylation is 1. The Labute approximate surface area is 178 Å². The second kappa shape index (κ2) is 8.73. The fourth-order valence-corrected chi connectivity index (χ4v) is 4.55. The van der Waals surface area contributed by atoms with E-state index in [0.29, 0.717) is 16.2 Å². The number of rotatable bonds is 5. The minimum atomic E-state index is -0.437. The molecule has 0 aliphatic heterocycles. The molecule has 154 valence electrons. The number of aliphatic hydroxyl groups is 1. The van der Waals surface area contributed by atoms with Crippen LogP contribution in [0.3, 0.4) is 0 Å². The van der Waals surface area contributed by atoms with E-state index in [1.54, 1.807) is 7.11 Å². The molecule has 0 heterocycles. The molecule has 1 N–H and O–H groups in total. The summed E-state index contributed by atoms with van der Waals surface area (Å²) in [7, 11) is 1.73. The van der Waals surface area contributed by atoms with Crippen molar-refractivity contribution >= 4 is 23.0 Å². The molecule has 3 rings (SSSR count). The summed E-state index contributed by atoms with van der Waals surface area (Å²) in [6, 6.07) is 13.7. The first-order valence-electron chi connectivity index (χ1n) is 10.1. The van der Waals surface area contributed by atoms with Gasteiger partial charge in [-0.2, -0.15) is 0 Å². The van der Waals surface area contributed by atoms with E-state index in [9.17, 15) is 9.90 Å². The van der Waals surface area contributed by atoms with Gasteiger partial charge in [-0.05, 0) is 68.4 Å². The molecule has 0 saturated heterocycles. The number of halogens is 1. The molecule has 2 aromatic rings. The van der Waals surface area contributed by atoms with E-state index in [-0.39, 0.29) is 17.6 Å². The molecule has 1 aliphatic rings. The Bertz CT molecular complexity index is 923. The Morgan fingerprint density at radius 3 is 2.34 bits per heavy atom. The molecule has 2 aromatic carbocycles. The fourth-order valence-electron chi connectivity index (χ4n) is 4.28. The van der Waals surface area contributed by atoms with E-state index in [4.69, 9.17) is 16.3 Å². The normalized spacial score (nSPS) is 22.9. The zero-order chi connectivity index (χ0) is 21.2. The predicted octanol–water partition coefficient (Wildman–Crippen LogP) is 6.77. The molecule has 0 spiro atoms. The van der Waals surface area contributed by atoms with E-state index >= 15 is 0 Å². The highest BCUT2D eigenvalue weighted by molar-refractivity contribution is 6.34. The second-order valence-electron chi connectivity index (χ2n) is 8.29. The molecule has 4 heteroatoms. The van der Waals surface area contributed by atoms with Crippen LogP contribution >= 0.6 is 11.6 Å². The maximum Gasteiger partial charge on any atom is 0.163 e. The minimum Gasteiger partial charge on any atom is -0.511 e. The maximum absolute atomic E-state index is 12.6. The number of allylic oxidation sites excluding steroid dienone is 2. The number of methoxy groups -OCH3 is 1. The van der Waals surface area contributed by atoms with Gasteiger partial charge in [-0.25, -0.2) is 0 Å². The van der Waals surface area contributed by atoms with Crippen molar-refractivity contribution < 1.29 is 14.6 Å². The van der Waals surface area contributed by atoms with E-state index in [1.807, 2.05) is 56.3 Å². The Balaban J connectivity index is 2.07. The van der Waals surface area contributed by atoms with Gasteiger partial charge in [0, 0.05) is 23.1 Å². The van der Waals surface area contributed by atoms with Gasteiger partial charge in [0.15, 0.2) is 5.78 Å². The minimum absolute atomic E-state index is 0.149. The van der Waals surface area contributed by atoms with E-state index < -0.39 is 5.41 Å². The van der Waals surface area contributed by atoms with E-state index in [2.05, 4.69) is 0 Å². The average Bonchev–Trinajstić information content (AvgIpc) is 2.71. The average molecular weight is 413 g/mol. The highest BCUT2D eigenvalue weighted by Gasteiger charge is 2.37. The van der Waals surface area contributed by atoms with Gasteiger partial charge in [0.2, 0.25) is 0 Å². The first-order valence-corrected chi connectivity index (χ1v) is 10.5. The maximum atomic E-state index is 12.6. The third-order valence-corrected chi connectivity index (χ3v) is 6.51. The zero-order valence-electron chi connectivity index (χ0n) is 17.6. The molecule has 0 unspecified atom stereocenters. The molecule has 0 aromatic heterocycles. The van der Waals surface area contributed by atoms with Crippen molar-refractivity contribution in [2.75, 3.05) is 7.11 Å². The molecule has 1 aliphatic carbocycles. The summed E-state index contributed by atoms with van der Waals surface area (Å²) in [6.07, 6.45) is 3.52. The lowest BCUT2D eigenvalue weighted by molar-refractivity contribution is -0.112. The number of carbonyl (C=O) groups is 1. The van der Waals surface area contributed by atoms with Crippen molar-refractivity contribution in [3.05, 3.63) is 64.4 Å². The number of hydrogen-bond donors (Lipinski definition) is 1. The van der Waals surface area contributed by atoms with Crippen LogP contribution < -0.4 is 0 Å². The topological polar surface area (TPSA) is 46.5 Å². The van der Waals surface area contributed by atoms with Crippen LogP contribution in [0.5, 0.6) is 0 Å². The van der Waals surface area contributed by atoms with Crippen LogP contribution in [0.1, 0.15) is 50.7 Å². The number of carbonyl (C=O) groups excluding carboxylic acids is 1. The first kappa shape index (κ1) is 21.6. The van der Waals surface area contributed by atoms with Gasteiger partial charge in [0.05, 0.1) is 11.7 Å². The highest BCUT2D eigenvalue weighted by atomic mass is 35.5. The molecular formula is C25H29ClO3. The summed E-state index contributed by atoms with van der Waals surface area (Å²) in [5.41, 5.74) is 3.50. The van der Waals surface area contributed by atoms with Crippen LogP contribution in [0.15, 0.2) is 48.2 Å². The zero-order valence-corrected chi connectivity index (χ0v) is 18.3. The van der Waals surface area contributed by atoms with Crippen molar-refractivity contribution in [1.29, 1.82) is 0 Å². The van der Waals surface area contributed by atoms with Crippen molar-refractivity contribution in [2.45, 2.75) is 52.6 Å². The molecule has 29 heavy (non-hydrogen) atoms. The van der Waals surface area contributed by atoms with Crippen LogP contribution in [0.2, 0.25) is 5.02 Å². The van der Waals surface area contributed by atoms with Gasteiger partial charge in [0.25, 0.3) is 0 Å². The highest BCUT2D eigenvalue weighted by Crippen LogP contribution is 2.45. The van der Waals surface area contributed by atoms with Crippen LogP contribution in [0.4, 0.5) is 0 Å². The van der Waals surface area contributed by atoms with Crippen LogP contribution in [0, 0.1) is 12.3 Å². The van der Waals surface area contributed by atoms with Crippen molar-refractivity contribution in [2.24, 2.45) is 5.41 Å². The van der Waals surface area contributed by atoms with Gasteiger partial charge in [-0.3, -0.25) is 4.79 Å². The molecule has 0 radical (unpaired) electrons. The quantitative estimate of drug-likeness (QED) is 0.435. The van der Waals surface area contributed by atoms with E-state index in [0.717, 1.165) is 42.4 Å². The monoisotopic (exact) mass is 412 g/mol. The summed E-state index contributed by atoms with van der Waals surface area (Å²) >= 11 is 6.62. The van der Waals surface area contributed by atoms with Gasteiger partial charge in [0.1, 0.15) is 5.76 Å². The predicted molar refractivity (Wildman–Crippen MR) is 119 cm³/mol. The molecule has 0 amide bonds. The second-order valence-corrected chi connectivity index (χ2v) is 8.70. The smallest absolute Gasteiger partial charge is 0.163 e. The van der Waals surface area contributed by atoms with Gasteiger partial charge in [-0.15, -0.1) is 0 Å². The van der Waals surface area contributed by atoms with Crippen LogP contribution in [-0.2, 0) is 9.53 Å². The van der Waals surface area contributed by atoms with Crippen molar-refractivity contribution in [3.8, 4) is 11.1 Å². The molecule has 0 atom stereocenters. The Kier molecular flexibility index (Phi) is 6.50. The largest absolute Gasteiger partial charge is 0.511 e. The van der Waals surface area contributed by atoms with Crippen LogP contribution in [-0.4, -0.2) is 24.1 Å². The lowest BCUT2D eigenvalue weighted by Crippen LogP contribution is -2.31. The Hall–Kier alpha value is -2.10. The standard InChI is InChI=1S/C25H29ClO3/c1-16-14-21(18-8-6-5-7-9-18)22(26)15-20(16)23(17(2)27)24(28)25(3)12-10-19(29-4)11-13-25/h5-9,14-15,19,28H,10-13H2,1-4H3/b24-23-. The van der Waals surface area contributed by atoms with Gasteiger partial charge in [-0.1, -0.05) is 48.9 Å². The molecule has 0 bridgehead atoms. The summed E-state index contributed by atoms with van der Waals surface area (Å²) in [4.78, 5) is 12.6. The number of Topliss-reactive ketones (excluding diaryl/α,β-unsaturated/α-hetero) is 1. The fraction of sp³-hybridized carbons (Fsp3) is 0.400. The number of ether oxygens (including phenoxy) is 1. The van der Waals surface area contributed by atoms with E-state index in [1.165, 1.54) is 6.92 Å². The summed E-state index contributed by atoms with van der Waals surface area (Å²) < 4.78 is 5.46. The number of benzene rings is 2.